The first-order valence-corrected chi connectivity index (χ1v) is 7.05. The Hall–Kier alpha value is -2.82. The Bertz CT molecular complexity index is 614. The number of para-hydroxylation sites is 1. The molecular formula is C17H18N2O3. The number of hydrogen-bond donors (Lipinski definition) is 1. The van der Waals surface area contributed by atoms with Crippen LogP contribution in [0.4, 0.5) is 5.69 Å². The quantitative estimate of drug-likeness (QED) is 0.523. The molecule has 1 N–H and O–H groups in total. The van der Waals surface area contributed by atoms with Gasteiger partial charge in [-0.25, -0.2) is 4.79 Å². The van der Waals surface area contributed by atoms with E-state index in [2.05, 4.69) is 5.43 Å². The van der Waals surface area contributed by atoms with E-state index < -0.39 is 11.9 Å². The highest BCUT2D eigenvalue weighted by molar-refractivity contribution is 6.32. The smallest absolute Gasteiger partial charge is 0.398 e. The molecule has 0 radical (unpaired) electrons. The summed E-state index contributed by atoms with van der Waals surface area (Å²) in [5.74, 6) is -1.68. The van der Waals surface area contributed by atoms with Crippen molar-refractivity contribution < 1.29 is 14.3 Å². The Balaban J connectivity index is 2.15. The maximum atomic E-state index is 11.9. The van der Waals surface area contributed by atoms with Crippen LogP contribution in [-0.4, -0.2) is 18.5 Å². The van der Waals surface area contributed by atoms with Crippen LogP contribution in [0.25, 0.3) is 0 Å². The molecule has 5 heteroatoms. The molecule has 1 amide bonds. The van der Waals surface area contributed by atoms with Crippen LogP contribution in [0.1, 0.15) is 12.5 Å². The van der Waals surface area contributed by atoms with E-state index >= 15 is 0 Å². The normalized spacial score (nSPS) is 9.86. The molecule has 2 aromatic rings. The SMILES string of the molecule is CCOC(=O)C(=O)NN(Cc1ccccc1)c1ccccc1. The third kappa shape index (κ3) is 4.34. The Morgan fingerprint density at radius 3 is 2.18 bits per heavy atom. The fraction of sp³-hybridized carbons (Fsp3) is 0.176. The zero-order valence-corrected chi connectivity index (χ0v) is 12.4. The Labute approximate surface area is 129 Å². The van der Waals surface area contributed by atoms with Crippen LogP contribution in [0.3, 0.4) is 0 Å². The molecule has 2 aromatic carbocycles. The first-order chi connectivity index (χ1) is 10.7. The average Bonchev–Trinajstić information content (AvgIpc) is 2.56. The van der Waals surface area contributed by atoms with Crippen molar-refractivity contribution in [2.45, 2.75) is 13.5 Å². The van der Waals surface area contributed by atoms with E-state index in [0.29, 0.717) is 6.54 Å². The van der Waals surface area contributed by atoms with Gasteiger partial charge in [0.1, 0.15) is 0 Å². The lowest BCUT2D eigenvalue weighted by Gasteiger charge is -2.25. The second-order valence-electron chi connectivity index (χ2n) is 4.57. The van der Waals surface area contributed by atoms with Crippen LogP contribution < -0.4 is 10.4 Å². The van der Waals surface area contributed by atoms with Crippen LogP contribution >= 0.6 is 0 Å². The number of amides is 1. The lowest BCUT2D eigenvalue weighted by atomic mass is 10.2. The minimum atomic E-state index is -0.892. The standard InChI is InChI=1S/C17H18N2O3/c1-2-22-17(21)16(20)18-19(15-11-7-4-8-12-15)13-14-9-5-3-6-10-14/h3-12H,2,13H2,1H3,(H,18,20). The van der Waals surface area contributed by atoms with Crippen molar-refractivity contribution in [1.29, 1.82) is 0 Å². The van der Waals surface area contributed by atoms with Crippen LogP contribution in [0.5, 0.6) is 0 Å². The van der Waals surface area contributed by atoms with Gasteiger partial charge in [0.15, 0.2) is 0 Å². The third-order valence-corrected chi connectivity index (χ3v) is 2.95. The molecule has 0 spiro atoms. The fourth-order valence-corrected chi connectivity index (χ4v) is 1.93. The van der Waals surface area contributed by atoms with E-state index in [-0.39, 0.29) is 6.61 Å². The molecule has 0 aliphatic heterocycles. The number of benzene rings is 2. The fourth-order valence-electron chi connectivity index (χ4n) is 1.93. The summed E-state index contributed by atoms with van der Waals surface area (Å²) in [5.41, 5.74) is 4.38. The van der Waals surface area contributed by atoms with Crippen molar-refractivity contribution in [3.63, 3.8) is 0 Å². The summed E-state index contributed by atoms with van der Waals surface area (Å²) in [5, 5.41) is 1.62. The van der Waals surface area contributed by atoms with Crippen LogP contribution in [0.15, 0.2) is 60.7 Å². The summed E-state index contributed by atoms with van der Waals surface area (Å²) >= 11 is 0. The van der Waals surface area contributed by atoms with E-state index in [0.717, 1.165) is 11.3 Å². The second-order valence-corrected chi connectivity index (χ2v) is 4.57. The highest BCUT2D eigenvalue weighted by Gasteiger charge is 2.18. The molecule has 0 heterocycles. The number of carbonyl (C=O) groups excluding carboxylic acids is 2. The van der Waals surface area contributed by atoms with Gasteiger partial charge in [0, 0.05) is 0 Å². The number of carbonyl (C=O) groups is 2. The van der Waals surface area contributed by atoms with Gasteiger partial charge in [-0.15, -0.1) is 0 Å². The molecule has 0 bridgehead atoms. The van der Waals surface area contributed by atoms with Crippen molar-refractivity contribution in [2.24, 2.45) is 0 Å². The second kappa shape index (κ2) is 7.83. The Kier molecular flexibility index (Phi) is 5.54. The third-order valence-electron chi connectivity index (χ3n) is 2.95. The molecule has 0 aromatic heterocycles. The molecule has 0 fully saturated rings. The van der Waals surface area contributed by atoms with Crippen molar-refractivity contribution in [2.75, 3.05) is 11.6 Å². The lowest BCUT2D eigenvalue weighted by Crippen LogP contribution is -2.45. The van der Waals surface area contributed by atoms with Crippen LogP contribution in [0, 0.1) is 0 Å². The maximum absolute atomic E-state index is 11.9. The highest BCUT2D eigenvalue weighted by Crippen LogP contribution is 2.14. The molecule has 0 aliphatic carbocycles. The number of nitrogens with one attached hydrogen (secondary N) is 1. The molecule has 2 rings (SSSR count). The highest BCUT2D eigenvalue weighted by atomic mass is 16.5. The summed E-state index contributed by atoms with van der Waals surface area (Å²) in [6, 6.07) is 19.0. The van der Waals surface area contributed by atoms with Gasteiger partial charge in [-0.1, -0.05) is 48.5 Å². The van der Waals surface area contributed by atoms with Gasteiger partial charge >= 0.3 is 11.9 Å². The Morgan fingerprint density at radius 1 is 1.00 bits per heavy atom. The zero-order valence-electron chi connectivity index (χ0n) is 12.4. The van der Waals surface area contributed by atoms with E-state index in [1.54, 1.807) is 11.9 Å². The van der Waals surface area contributed by atoms with E-state index in [1.165, 1.54) is 0 Å². The van der Waals surface area contributed by atoms with Crippen molar-refractivity contribution in [1.82, 2.24) is 5.43 Å². The summed E-state index contributed by atoms with van der Waals surface area (Å²) in [4.78, 5) is 23.4. The molecule has 0 saturated heterocycles. The van der Waals surface area contributed by atoms with Crippen LogP contribution in [-0.2, 0) is 20.9 Å². The number of ether oxygens (including phenoxy) is 1. The topological polar surface area (TPSA) is 58.6 Å². The lowest BCUT2D eigenvalue weighted by molar-refractivity contribution is -0.154. The molecule has 22 heavy (non-hydrogen) atoms. The predicted molar refractivity (Wildman–Crippen MR) is 83.8 cm³/mol. The number of esters is 1. The molecule has 0 saturated carbocycles. The summed E-state index contributed by atoms with van der Waals surface area (Å²) in [6.07, 6.45) is 0. The number of hydrogen-bond acceptors (Lipinski definition) is 4. The summed E-state index contributed by atoms with van der Waals surface area (Å²) in [6.45, 7) is 2.26. The van der Waals surface area contributed by atoms with Crippen LogP contribution in [0.2, 0.25) is 0 Å². The van der Waals surface area contributed by atoms with Gasteiger partial charge < -0.3 is 4.74 Å². The summed E-state index contributed by atoms with van der Waals surface area (Å²) in [7, 11) is 0. The molecule has 0 atom stereocenters. The number of rotatable bonds is 5. The monoisotopic (exact) mass is 298 g/mol. The van der Waals surface area contributed by atoms with Crippen molar-refractivity contribution >= 4 is 17.6 Å². The first-order valence-electron chi connectivity index (χ1n) is 7.05. The minimum Gasteiger partial charge on any atom is -0.459 e. The predicted octanol–water partition coefficient (Wildman–Crippen LogP) is 2.29. The molecular weight excluding hydrogens is 280 g/mol. The van der Waals surface area contributed by atoms with Gasteiger partial charge in [-0.05, 0) is 24.6 Å². The molecule has 5 nitrogen and oxygen atoms in total. The van der Waals surface area contributed by atoms with Crippen molar-refractivity contribution in [3.8, 4) is 0 Å². The van der Waals surface area contributed by atoms with Crippen molar-refractivity contribution in [3.05, 3.63) is 66.2 Å². The minimum absolute atomic E-state index is 0.163. The maximum Gasteiger partial charge on any atom is 0.398 e. The zero-order chi connectivity index (χ0) is 15.8. The number of nitrogens with zero attached hydrogens (tertiary/aromatic N) is 1. The molecule has 0 aliphatic rings. The van der Waals surface area contributed by atoms with E-state index in [9.17, 15) is 9.59 Å². The van der Waals surface area contributed by atoms with Gasteiger partial charge in [0.05, 0.1) is 18.8 Å². The first kappa shape index (κ1) is 15.6. The molecule has 0 unspecified atom stereocenters. The molecule has 114 valence electrons. The largest absolute Gasteiger partial charge is 0.459 e. The number of hydrazine groups is 1. The Morgan fingerprint density at radius 2 is 1.59 bits per heavy atom. The summed E-state index contributed by atoms with van der Waals surface area (Å²) < 4.78 is 4.71. The van der Waals surface area contributed by atoms with Gasteiger partial charge in [-0.2, -0.15) is 0 Å². The number of anilines is 1. The van der Waals surface area contributed by atoms with Gasteiger partial charge in [0.2, 0.25) is 0 Å². The van der Waals surface area contributed by atoms with E-state index in [1.807, 2.05) is 60.7 Å². The van der Waals surface area contributed by atoms with E-state index in [4.69, 9.17) is 4.74 Å². The van der Waals surface area contributed by atoms with Gasteiger partial charge in [-0.3, -0.25) is 15.2 Å². The van der Waals surface area contributed by atoms with Gasteiger partial charge in [0.25, 0.3) is 0 Å². The average molecular weight is 298 g/mol.